The summed E-state index contributed by atoms with van der Waals surface area (Å²) in [6.07, 6.45) is 5.77. The average Bonchev–Trinajstić information content (AvgIpc) is 3.24. The van der Waals surface area contributed by atoms with Crippen LogP contribution >= 0.6 is 30.9 Å². The number of carbonyl (C=O) groups excluding carboxylic acids is 2. The van der Waals surface area contributed by atoms with E-state index in [0.717, 1.165) is 22.9 Å². The number of hydrogen-bond donors (Lipinski definition) is 4. The maximum absolute atomic E-state index is 13.0. The largest absolute Gasteiger partial charge is 0.395 e. The quantitative estimate of drug-likeness (QED) is 0.114. The van der Waals surface area contributed by atoms with Crippen molar-refractivity contribution in [2.24, 2.45) is 16.2 Å². The summed E-state index contributed by atoms with van der Waals surface area (Å²) in [5.41, 5.74) is 11.5. The summed E-state index contributed by atoms with van der Waals surface area (Å²) in [5.74, 6) is -0.245. The van der Waals surface area contributed by atoms with E-state index in [-0.39, 0.29) is 34.6 Å². The highest BCUT2D eigenvalue weighted by Gasteiger charge is 2.50. The first-order valence-electron chi connectivity index (χ1n) is 10.1. The summed E-state index contributed by atoms with van der Waals surface area (Å²) < 4.78 is 17.6. The standard InChI is InChI=1S/C18H22N9O4PS2/c1-2-31-23-12(14-22-18(34-25-14)24-32(19,20)30)15(28)21-13-16(29)27-9-11(10-33-17(13)27)8-26-6-4-3-5-7-26/h3-7,9,13,17H,2,8,10H2,1H3,(H5-,19,20,21,22,24,25,28,30)/p+1/t13?,17-/m0/s1. The molecule has 0 aromatic carbocycles. The Hall–Kier alpha value is -2.84. The highest BCUT2D eigenvalue weighted by atomic mass is 32.2. The first kappa shape index (κ1) is 24.3. The van der Waals surface area contributed by atoms with Crippen LogP contribution in [0.1, 0.15) is 12.7 Å². The van der Waals surface area contributed by atoms with Crippen molar-refractivity contribution < 1.29 is 23.6 Å². The van der Waals surface area contributed by atoms with Crippen molar-refractivity contribution >= 4 is 53.5 Å². The van der Waals surface area contributed by atoms with Gasteiger partial charge in [0.05, 0.1) is 0 Å². The molecule has 2 amide bonds. The zero-order valence-corrected chi connectivity index (χ0v) is 20.6. The van der Waals surface area contributed by atoms with E-state index in [4.69, 9.17) is 15.8 Å². The van der Waals surface area contributed by atoms with Crippen molar-refractivity contribution in [1.29, 1.82) is 0 Å². The maximum atomic E-state index is 13.0. The molecular weight excluding hydrogens is 501 g/mol. The fraction of sp³-hybridized carbons (Fsp3) is 0.333. The minimum absolute atomic E-state index is 0.0583. The predicted octanol–water partition coefficient (Wildman–Crippen LogP) is -0.0124. The molecule has 2 aliphatic heterocycles. The number of pyridine rings is 1. The Labute approximate surface area is 203 Å². The van der Waals surface area contributed by atoms with Gasteiger partial charge in [-0.25, -0.2) is 4.57 Å². The number of β-lactam (4-membered cyclic amide) rings is 1. The minimum atomic E-state index is -3.59. The molecule has 4 heterocycles. The van der Waals surface area contributed by atoms with Crippen LogP contribution in [0, 0.1) is 0 Å². The Morgan fingerprint density at radius 2 is 2.15 bits per heavy atom. The van der Waals surface area contributed by atoms with E-state index < -0.39 is 19.5 Å². The van der Waals surface area contributed by atoms with Crippen LogP contribution in [-0.2, 0) is 25.5 Å². The Morgan fingerprint density at radius 1 is 1.38 bits per heavy atom. The summed E-state index contributed by atoms with van der Waals surface area (Å²) >= 11 is 2.37. The first-order valence-corrected chi connectivity index (χ1v) is 13.8. The second-order valence-electron chi connectivity index (χ2n) is 7.34. The van der Waals surface area contributed by atoms with E-state index in [1.165, 1.54) is 0 Å². The second kappa shape index (κ2) is 10.2. The average molecular weight is 525 g/mol. The Bertz CT molecular complexity index is 1180. The minimum Gasteiger partial charge on any atom is -0.395 e. The van der Waals surface area contributed by atoms with Crippen LogP contribution in [0.5, 0.6) is 0 Å². The van der Waals surface area contributed by atoms with Gasteiger partial charge < -0.3 is 15.1 Å². The number of thioether (sulfide) groups is 1. The van der Waals surface area contributed by atoms with Crippen molar-refractivity contribution in [1.82, 2.24) is 19.6 Å². The third-order valence-corrected chi connectivity index (χ3v) is 7.42. The van der Waals surface area contributed by atoms with Crippen molar-refractivity contribution in [2.45, 2.75) is 24.9 Å². The molecule has 2 atom stereocenters. The van der Waals surface area contributed by atoms with Crippen LogP contribution in [0.4, 0.5) is 5.13 Å². The SMILES string of the molecule is CCON=C(C(=O)NC1C(=O)N2C=C(C[n+]3ccccc3)CS[C@@H]12)c1nsc(NP(N)(N)=O)n1. The summed E-state index contributed by atoms with van der Waals surface area (Å²) in [4.78, 5) is 36.4. The van der Waals surface area contributed by atoms with Gasteiger partial charge in [0.2, 0.25) is 16.7 Å². The molecular formula is C18H23N9O4PS2+. The van der Waals surface area contributed by atoms with Gasteiger partial charge in [0.1, 0.15) is 18.0 Å². The van der Waals surface area contributed by atoms with E-state index in [1.807, 2.05) is 41.4 Å². The molecule has 6 N–H and O–H groups in total. The lowest BCUT2D eigenvalue weighted by Crippen LogP contribution is -2.69. The molecule has 34 heavy (non-hydrogen) atoms. The van der Waals surface area contributed by atoms with Gasteiger partial charge in [-0.15, -0.1) is 11.8 Å². The lowest BCUT2D eigenvalue weighted by molar-refractivity contribution is -0.689. The van der Waals surface area contributed by atoms with Crippen molar-refractivity contribution in [3.05, 3.63) is 48.2 Å². The molecule has 0 radical (unpaired) electrons. The normalized spacial score (nSPS) is 20.2. The highest BCUT2D eigenvalue weighted by molar-refractivity contribution is 8.00. The Balaban J connectivity index is 1.43. The Morgan fingerprint density at radius 3 is 2.85 bits per heavy atom. The first-order chi connectivity index (χ1) is 16.2. The Kier molecular flexibility index (Phi) is 7.28. The van der Waals surface area contributed by atoms with E-state index in [9.17, 15) is 14.2 Å². The van der Waals surface area contributed by atoms with Crippen LogP contribution in [0.25, 0.3) is 0 Å². The van der Waals surface area contributed by atoms with Gasteiger partial charge in [0.15, 0.2) is 18.9 Å². The van der Waals surface area contributed by atoms with Gasteiger partial charge in [0, 0.05) is 41.2 Å². The van der Waals surface area contributed by atoms with Gasteiger partial charge >= 0.3 is 0 Å². The summed E-state index contributed by atoms with van der Waals surface area (Å²) in [5, 5.41) is 8.67. The van der Waals surface area contributed by atoms with Crippen molar-refractivity contribution in [3.63, 3.8) is 0 Å². The number of nitrogens with one attached hydrogen (secondary N) is 2. The lowest BCUT2D eigenvalue weighted by atomic mass is 10.1. The van der Waals surface area contributed by atoms with E-state index in [1.54, 1.807) is 23.6 Å². The number of nitrogens with two attached hydrogens (primary N) is 2. The molecule has 1 fully saturated rings. The van der Waals surface area contributed by atoms with Gasteiger partial charge in [-0.2, -0.15) is 9.36 Å². The number of anilines is 1. The lowest BCUT2D eigenvalue weighted by Gasteiger charge is -2.47. The molecule has 0 saturated carbocycles. The van der Waals surface area contributed by atoms with Gasteiger partial charge in [0.25, 0.3) is 19.4 Å². The van der Waals surface area contributed by atoms with Crippen LogP contribution < -0.4 is 26.0 Å². The van der Waals surface area contributed by atoms with E-state index in [0.29, 0.717) is 6.54 Å². The predicted molar refractivity (Wildman–Crippen MR) is 127 cm³/mol. The summed E-state index contributed by atoms with van der Waals surface area (Å²) in [6, 6.07) is 5.11. The highest BCUT2D eigenvalue weighted by Crippen LogP contribution is 2.36. The van der Waals surface area contributed by atoms with Gasteiger partial charge in [-0.05, 0) is 6.92 Å². The van der Waals surface area contributed by atoms with Gasteiger partial charge in [-0.1, -0.05) is 11.2 Å². The molecule has 1 saturated heterocycles. The summed E-state index contributed by atoms with van der Waals surface area (Å²) in [7, 11) is -3.59. The summed E-state index contributed by atoms with van der Waals surface area (Å²) in [6.45, 7) is 2.58. The van der Waals surface area contributed by atoms with E-state index >= 15 is 0 Å². The van der Waals surface area contributed by atoms with E-state index in [2.05, 4.69) is 24.9 Å². The fourth-order valence-electron chi connectivity index (χ4n) is 3.26. The maximum Gasteiger partial charge on any atom is 0.299 e. The molecule has 0 spiro atoms. The second-order valence-corrected chi connectivity index (χ2v) is 10.8. The molecule has 2 aromatic rings. The third kappa shape index (κ3) is 5.62. The zero-order chi connectivity index (χ0) is 24.3. The molecule has 0 aliphatic carbocycles. The number of aromatic nitrogens is 3. The smallest absolute Gasteiger partial charge is 0.299 e. The molecule has 2 aliphatic rings. The molecule has 4 rings (SSSR count). The molecule has 13 nitrogen and oxygen atoms in total. The number of oxime groups is 1. The molecule has 0 bridgehead atoms. The number of amides is 2. The number of hydrogen-bond acceptors (Lipinski definition) is 9. The number of rotatable bonds is 9. The number of carbonyl (C=O) groups is 2. The van der Waals surface area contributed by atoms with Crippen molar-refractivity contribution in [2.75, 3.05) is 17.4 Å². The van der Waals surface area contributed by atoms with Crippen molar-refractivity contribution in [3.8, 4) is 0 Å². The molecule has 2 aromatic heterocycles. The topological polar surface area (TPSA) is 182 Å². The molecule has 16 heteroatoms. The number of nitrogens with zero attached hydrogens (tertiary/aromatic N) is 5. The van der Waals surface area contributed by atoms with Crippen LogP contribution in [0.2, 0.25) is 0 Å². The third-order valence-electron chi connectivity index (χ3n) is 4.70. The van der Waals surface area contributed by atoms with Gasteiger partial charge in [-0.3, -0.25) is 30.2 Å². The molecule has 180 valence electrons. The molecule has 1 unspecified atom stereocenters. The van der Waals surface area contributed by atoms with Crippen LogP contribution in [0.3, 0.4) is 0 Å². The van der Waals surface area contributed by atoms with Crippen LogP contribution in [0.15, 0.2) is 47.5 Å². The zero-order valence-electron chi connectivity index (χ0n) is 18.0. The fourth-order valence-corrected chi connectivity index (χ4v) is 5.88. The number of fused-ring (bicyclic) bond motifs is 1. The van der Waals surface area contributed by atoms with Crippen LogP contribution in [-0.4, -0.2) is 55.6 Å². The monoisotopic (exact) mass is 524 g/mol.